The maximum Gasteiger partial charge on any atom is 0.269 e. The molecule has 0 saturated carbocycles. The molecule has 0 aliphatic carbocycles. The molecule has 2 aromatic rings. The number of nitro groups is 1. The maximum absolute atomic E-state index is 12.3. The van der Waals surface area contributed by atoms with Gasteiger partial charge < -0.3 is 5.73 Å². The van der Waals surface area contributed by atoms with E-state index in [4.69, 9.17) is 5.73 Å². The fourth-order valence-corrected chi connectivity index (χ4v) is 3.16. The molecule has 5 nitrogen and oxygen atoms in total. The molecule has 0 spiro atoms. The fraction of sp³-hybridized carbons (Fsp3) is 0.143. The second-order valence-electron chi connectivity index (χ2n) is 4.38. The van der Waals surface area contributed by atoms with Crippen LogP contribution in [0.5, 0.6) is 0 Å². The third kappa shape index (κ3) is 3.03. The second kappa shape index (κ2) is 5.83. The second-order valence-corrected chi connectivity index (χ2v) is 5.80. The molecule has 1 unspecified atom stereocenters. The molecule has 0 bridgehead atoms. The van der Waals surface area contributed by atoms with Crippen LogP contribution in [0.3, 0.4) is 0 Å². The maximum atomic E-state index is 12.3. The lowest BCUT2D eigenvalue weighted by atomic mass is 10.2. The van der Waals surface area contributed by atoms with E-state index in [1.807, 2.05) is 6.92 Å². The Bertz CT molecular complexity index is 669. The van der Waals surface area contributed by atoms with Crippen LogP contribution in [0.2, 0.25) is 0 Å². The first kappa shape index (κ1) is 14.2. The van der Waals surface area contributed by atoms with Crippen LogP contribution in [0.25, 0.3) is 0 Å². The molecular weight excluding hydrogens is 276 g/mol. The zero-order valence-electron chi connectivity index (χ0n) is 10.9. The lowest BCUT2D eigenvalue weighted by Gasteiger charge is -2.08. The minimum Gasteiger partial charge on any atom is -0.398 e. The number of hydrogen-bond donors (Lipinski definition) is 1. The van der Waals surface area contributed by atoms with Gasteiger partial charge in [0.25, 0.3) is 5.69 Å². The topological polar surface area (TPSA) is 86.2 Å². The highest BCUT2D eigenvalue weighted by Crippen LogP contribution is 2.22. The summed E-state index contributed by atoms with van der Waals surface area (Å²) in [5.41, 5.74) is 8.03. The van der Waals surface area contributed by atoms with E-state index in [-0.39, 0.29) is 5.69 Å². The van der Waals surface area contributed by atoms with Gasteiger partial charge in [-0.2, -0.15) is 0 Å². The van der Waals surface area contributed by atoms with E-state index in [1.54, 1.807) is 30.3 Å². The lowest BCUT2D eigenvalue weighted by molar-refractivity contribution is -0.384. The van der Waals surface area contributed by atoms with Crippen molar-refractivity contribution >= 4 is 22.2 Å². The van der Waals surface area contributed by atoms with Gasteiger partial charge in [-0.1, -0.05) is 18.2 Å². The predicted octanol–water partition coefficient (Wildman–Crippen LogP) is 2.79. The molecular formula is C14H14N2O3S. The largest absolute Gasteiger partial charge is 0.398 e. The Labute approximate surface area is 119 Å². The summed E-state index contributed by atoms with van der Waals surface area (Å²) in [6, 6.07) is 11.4. The van der Waals surface area contributed by atoms with Crippen molar-refractivity contribution in [1.82, 2.24) is 0 Å². The summed E-state index contributed by atoms with van der Waals surface area (Å²) < 4.78 is 12.3. The number of nitrogens with zero attached hydrogens (tertiary/aromatic N) is 1. The minimum absolute atomic E-state index is 0.0275. The van der Waals surface area contributed by atoms with Crippen molar-refractivity contribution in [1.29, 1.82) is 0 Å². The van der Waals surface area contributed by atoms with Crippen LogP contribution in [0.15, 0.2) is 47.4 Å². The molecule has 0 amide bonds. The molecule has 0 heterocycles. The van der Waals surface area contributed by atoms with Crippen molar-refractivity contribution in [2.75, 3.05) is 5.73 Å². The Morgan fingerprint density at radius 1 is 1.20 bits per heavy atom. The number of hydrogen-bond acceptors (Lipinski definition) is 4. The molecule has 0 fully saturated rings. The first-order valence-electron chi connectivity index (χ1n) is 5.96. The van der Waals surface area contributed by atoms with Crippen LogP contribution in [0, 0.1) is 17.0 Å². The smallest absolute Gasteiger partial charge is 0.269 e. The number of nitrogens with two attached hydrogens (primary N) is 1. The molecule has 104 valence electrons. The highest BCUT2D eigenvalue weighted by atomic mass is 32.2. The van der Waals surface area contributed by atoms with Crippen molar-refractivity contribution in [3.63, 3.8) is 0 Å². The SMILES string of the molecule is Cc1c(N)cccc1S(=O)Cc1ccc([N+](=O)[O-])cc1. The molecule has 1 atom stereocenters. The van der Waals surface area contributed by atoms with Crippen LogP contribution in [-0.4, -0.2) is 9.13 Å². The third-order valence-corrected chi connectivity index (χ3v) is 4.54. The van der Waals surface area contributed by atoms with Gasteiger partial charge in [0.05, 0.1) is 21.5 Å². The van der Waals surface area contributed by atoms with Gasteiger partial charge in [0.2, 0.25) is 0 Å². The van der Waals surface area contributed by atoms with Crippen molar-refractivity contribution in [2.24, 2.45) is 0 Å². The van der Waals surface area contributed by atoms with Gasteiger partial charge in [0.15, 0.2) is 0 Å². The summed E-state index contributed by atoms with van der Waals surface area (Å²) in [6.07, 6.45) is 0. The van der Waals surface area contributed by atoms with Gasteiger partial charge >= 0.3 is 0 Å². The molecule has 2 aromatic carbocycles. The summed E-state index contributed by atoms with van der Waals surface area (Å²) in [5, 5.41) is 10.6. The fourth-order valence-electron chi connectivity index (χ4n) is 1.82. The van der Waals surface area contributed by atoms with Crippen LogP contribution in [0.4, 0.5) is 11.4 Å². The van der Waals surface area contributed by atoms with Crippen molar-refractivity contribution < 1.29 is 9.13 Å². The highest BCUT2D eigenvalue weighted by Gasteiger charge is 2.11. The number of non-ortho nitro benzene ring substituents is 1. The van der Waals surface area contributed by atoms with Gasteiger partial charge in [-0.25, -0.2) is 0 Å². The summed E-state index contributed by atoms with van der Waals surface area (Å²) in [4.78, 5) is 10.8. The zero-order valence-corrected chi connectivity index (χ0v) is 11.7. The minimum atomic E-state index is -1.22. The number of anilines is 1. The molecule has 0 radical (unpaired) electrons. The van der Waals surface area contributed by atoms with E-state index < -0.39 is 15.7 Å². The average molecular weight is 290 g/mol. The van der Waals surface area contributed by atoms with Crippen LogP contribution in [0.1, 0.15) is 11.1 Å². The highest BCUT2D eigenvalue weighted by molar-refractivity contribution is 7.84. The summed E-state index contributed by atoms with van der Waals surface area (Å²) in [7, 11) is -1.22. The Hall–Kier alpha value is -2.21. The molecule has 2 N–H and O–H groups in total. The van der Waals surface area contributed by atoms with Crippen LogP contribution < -0.4 is 5.73 Å². The van der Waals surface area contributed by atoms with Gasteiger partial charge in [-0.3, -0.25) is 14.3 Å². The van der Waals surface area contributed by atoms with Crippen LogP contribution >= 0.6 is 0 Å². The molecule has 0 aromatic heterocycles. The summed E-state index contributed by atoms with van der Waals surface area (Å²) >= 11 is 0. The van der Waals surface area contributed by atoms with Crippen molar-refractivity contribution in [3.05, 3.63) is 63.7 Å². The first-order valence-corrected chi connectivity index (χ1v) is 7.27. The number of rotatable bonds is 4. The van der Waals surface area contributed by atoms with Gasteiger partial charge in [-0.15, -0.1) is 0 Å². The van der Waals surface area contributed by atoms with Crippen molar-refractivity contribution in [3.8, 4) is 0 Å². The number of nitrogen functional groups attached to an aromatic ring is 1. The van der Waals surface area contributed by atoms with Gasteiger partial charge in [-0.05, 0) is 30.2 Å². The molecule has 0 saturated heterocycles. The molecule has 2 rings (SSSR count). The van der Waals surface area contributed by atoms with Gasteiger partial charge in [0, 0.05) is 22.7 Å². The van der Waals surface area contributed by atoms with E-state index in [0.717, 1.165) is 11.1 Å². The zero-order chi connectivity index (χ0) is 14.7. The molecule has 20 heavy (non-hydrogen) atoms. The lowest BCUT2D eigenvalue weighted by Crippen LogP contribution is -2.01. The summed E-state index contributed by atoms with van der Waals surface area (Å²) in [6.45, 7) is 1.83. The van der Waals surface area contributed by atoms with E-state index in [9.17, 15) is 14.3 Å². The first-order chi connectivity index (χ1) is 9.49. The molecule has 0 aliphatic heterocycles. The van der Waals surface area contributed by atoms with Gasteiger partial charge in [0.1, 0.15) is 0 Å². The van der Waals surface area contributed by atoms with E-state index in [1.165, 1.54) is 12.1 Å². The predicted molar refractivity (Wildman–Crippen MR) is 78.8 cm³/mol. The van der Waals surface area contributed by atoms with Crippen molar-refractivity contribution in [2.45, 2.75) is 17.6 Å². The average Bonchev–Trinajstić information content (AvgIpc) is 2.42. The molecule has 6 heteroatoms. The van der Waals surface area contributed by atoms with E-state index in [2.05, 4.69) is 0 Å². The Morgan fingerprint density at radius 3 is 2.45 bits per heavy atom. The monoisotopic (exact) mass is 290 g/mol. The quantitative estimate of drug-likeness (QED) is 0.533. The van der Waals surface area contributed by atoms with E-state index in [0.29, 0.717) is 16.3 Å². The normalized spacial score (nSPS) is 12.1. The summed E-state index contributed by atoms with van der Waals surface area (Å²) in [5.74, 6) is 0.308. The third-order valence-electron chi connectivity index (χ3n) is 3.02. The van der Waals surface area contributed by atoms with Crippen LogP contribution in [-0.2, 0) is 16.6 Å². The van der Waals surface area contributed by atoms with E-state index >= 15 is 0 Å². The Kier molecular flexibility index (Phi) is 4.14. The standard InChI is InChI=1S/C14H14N2O3S/c1-10-13(15)3-2-4-14(10)20(19)9-11-5-7-12(8-6-11)16(17)18/h2-8H,9,15H2,1H3. The number of benzene rings is 2. The Morgan fingerprint density at radius 2 is 1.85 bits per heavy atom. The Balaban J connectivity index is 2.19. The number of nitro benzene ring substituents is 1. The molecule has 0 aliphatic rings.